The van der Waals surface area contributed by atoms with Gasteiger partial charge in [-0.3, -0.25) is 0 Å². The minimum Gasteiger partial charge on any atom is -0.504 e. The molecule has 0 saturated heterocycles. The van der Waals surface area contributed by atoms with Gasteiger partial charge in [-0.05, 0) is 24.8 Å². The van der Waals surface area contributed by atoms with Crippen LogP contribution in [0.1, 0.15) is 43.7 Å². The molecule has 102 valence electrons. The number of phenols is 1. The van der Waals surface area contributed by atoms with Crippen LogP contribution in [0.15, 0.2) is 18.2 Å². The maximum atomic E-state index is 10.1. The van der Waals surface area contributed by atoms with Crippen LogP contribution in [-0.2, 0) is 0 Å². The highest BCUT2D eigenvalue weighted by Gasteiger charge is 2.24. The van der Waals surface area contributed by atoms with Gasteiger partial charge in [0.05, 0.1) is 7.11 Å². The van der Waals surface area contributed by atoms with Crippen LogP contribution >= 0.6 is 12.4 Å². The highest BCUT2D eigenvalue weighted by atomic mass is 35.5. The number of aromatic hydroxyl groups is 1. The summed E-state index contributed by atoms with van der Waals surface area (Å²) in [6.45, 7) is 0. The van der Waals surface area contributed by atoms with Crippen LogP contribution in [0.2, 0.25) is 0 Å². The second-order valence-electron chi connectivity index (χ2n) is 4.82. The van der Waals surface area contributed by atoms with Gasteiger partial charge in [-0.2, -0.15) is 0 Å². The molecule has 1 aromatic carbocycles. The fourth-order valence-corrected chi connectivity index (χ4v) is 2.72. The van der Waals surface area contributed by atoms with E-state index < -0.39 is 0 Å². The summed E-state index contributed by atoms with van der Waals surface area (Å²) in [6.07, 6.45) is 6.15. The number of hydrogen-bond acceptors (Lipinski definition) is 3. The first-order chi connectivity index (χ1) is 8.24. The molecule has 0 unspecified atom stereocenters. The molecule has 18 heavy (non-hydrogen) atoms. The monoisotopic (exact) mass is 271 g/mol. The van der Waals surface area contributed by atoms with Crippen LogP contribution in [0.5, 0.6) is 11.5 Å². The summed E-state index contributed by atoms with van der Waals surface area (Å²) in [7, 11) is 1.56. The molecule has 0 spiro atoms. The van der Waals surface area contributed by atoms with E-state index in [1.165, 1.54) is 19.3 Å². The van der Waals surface area contributed by atoms with Crippen LogP contribution < -0.4 is 10.5 Å². The zero-order chi connectivity index (χ0) is 12.3. The molecule has 0 bridgehead atoms. The minimum atomic E-state index is -0.0783. The van der Waals surface area contributed by atoms with Crippen LogP contribution in [0.3, 0.4) is 0 Å². The molecule has 3 nitrogen and oxygen atoms in total. The molecule has 1 fully saturated rings. The van der Waals surface area contributed by atoms with Gasteiger partial charge < -0.3 is 15.6 Å². The van der Waals surface area contributed by atoms with Gasteiger partial charge in [0.2, 0.25) is 0 Å². The molecule has 0 amide bonds. The Hall–Kier alpha value is -0.930. The van der Waals surface area contributed by atoms with Gasteiger partial charge in [0.25, 0.3) is 0 Å². The lowest BCUT2D eigenvalue weighted by atomic mass is 9.81. The van der Waals surface area contributed by atoms with Crippen molar-refractivity contribution in [1.29, 1.82) is 0 Å². The summed E-state index contributed by atoms with van der Waals surface area (Å²) in [5.74, 6) is 1.20. The van der Waals surface area contributed by atoms with E-state index in [0.29, 0.717) is 11.7 Å². The second kappa shape index (κ2) is 6.86. The first-order valence-electron chi connectivity index (χ1n) is 6.35. The molecule has 1 aliphatic carbocycles. The lowest BCUT2D eigenvalue weighted by Gasteiger charge is -2.28. The molecule has 0 heterocycles. The molecule has 1 atom stereocenters. The number of rotatable bonds is 3. The van der Waals surface area contributed by atoms with E-state index in [-0.39, 0.29) is 24.2 Å². The maximum Gasteiger partial charge on any atom is 0.162 e. The summed E-state index contributed by atoms with van der Waals surface area (Å²) in [6, 6.07) is 5.46. The molecule has 2 rings (SSSR count). The SMILES string of the molecule is COc1cccc([C@H](N)C2CCCCC2)c1O.Cl. The molecule has 3 N–H and O–H groups in total. The van der Waals surface area contributed by atoms with Gasteiger partial charge in [-0.25, -0.2) is 0 Å². The third kappa shape index (κ3) is 3.09. The summed E-state index contributed by atoms with van der Waals surface area (Å²) in [4.78, 5) is 0. The first-order valence-corrected chi connectivity index (χ1v) is 6.35. The van der Waals surface area contributed by atoms with E-state index in [1.54, 1.807) is 13.2 Å². The second-order valence-corrected chi connectivity index (χ2v) is 4.82. The van der Waals surface area contributed by atoms with Crippen molar-refractivity contribution in [2.75, 3.05) is 7.11 Å². The van der Waals surface area contributed by atoms with Gasteiger partial charge in [-0.15, -0.1) is 12.4 Å². The van der Waals surface area contributed by atoms with Crippen molar-refractivity contribution < 1.29 is 9.84 Å². The van der Waals surface area contributed by atoms with Crippen LogP contribution in [0.25, 0.3) is 0 Å². The van der Waals surface area contributed by atoms with Gasteiger partial charge in [0, 0.05) is 11.6 Å². The zero-order valence-corrected chi connectivity index (χ0v) is 11.6. The number of benzene rings is 1. The predicted molar refractivity (Wildman–Crippen MR) is 75.4 cm³/mol. The van der Waals surface area contributed by atoms with Crippen molar-refractivity contribution in [3.63, 3.8) is 0 Å². The van der Waals surface area contributed by atoms with E-state index in [9.17, 15) is 5.11 Å². The van der Waals surface area contributed by atoms with Crippen molar-refractivity contribution in [3.05, 3.63) is 23.8 Å². The standard InChI is InChI=1S/C14H21NO2.ClH/c1-17-12-9-5-8-11(14(12)16)13(15)10-6-3-2-4-7-10;/h5,8-10,13,16H,2-4,6-7,15H2,1H3;1H/t13-;/m1./s1. The fraction of sp³-hybridized carbons (Fsp3) is 0.571. The third-order valence-corrected chi connectivity index (χ3v) is 3.77. The van der Waals surface area contributed by atoms with E-state index in [1.807, 2.05) is 12.1 Å². The quantitative estimate of drug-likeness (QED) is 0.886. The summed E-state index contributed by atoms with van der Waals surface area (Å²) in [5, 5.41) is 10.1. The molecule has 0 radical (unpaired) electrons. The Bertz CT molecular complexity index is 378. The number of para-hydroxylation sites is 1. The highest BCUT2D eigenvalue weighted by molar-refractivity contribution is 5.85. The topological polar surface area (TPSA) is 55.5 Å². The number of phenolic OH excluding ortho intramolecular Hbond substituents is 1. The molecule has 0 aliphatic heterocycles. The van der Waals surface area contributed by atoms with E-state index in [4.69, 9.17) is 10.5 Å². The normalized spacial score (nSPS) is 17.9. The van der Waals surface area contributed by atoms with Crippen LogP contribution in [-0.4, -0.2) is 12.2 Å². The third-order valence-electron chi connectivity index (χ3n) is 3.77. The molecular weight excluding hydrogens is 250 g/mol. The number of halogens is 1. The van der Waals surface area contributed by atoms with Crippen LogP contribution in [0.4, 0.5) is 0 Å². The fourth-order valence-electron chi connectivity index (χ4n) is 2.72. The van der Waals surface area contributed by atoms with Crippen LogP contribution in [0, 0.1) is 5.92 Å². The number of nitrogens with two attached hydrogens (primary N) is 1. The van der Waals surface area contributed by atoms with Crippen molar-refractivity contribution in [2.45, 2.75) is 38.1 Å². The smallest absolute Gasteiger partial charge is 0.162 e. The van der Waals surface area contributed by atoms with E-state index in [0.717, 1.165) is 18.4 Å². The number of hydrogen-bond donors (Lipinski definition) is 2. The highest BCUT2D eigenvalue weighted by Crippen LogP contribution is 2.39. The molecule has 0 aromatic heterocycles. The number of methoxy groups -OCH3 is 1. The largest absolute Gasteiger partial charge is 0.504 e. The first kappa shape index (κ1) is 15.1. The zero-order valence-electron chi connectivity index (χ0n) is 10.8. The Morgan fingerprint density at radius 1 is 1.28 bits per heavy atom. The van der Waals surface area contributed by atoms with Crippen molar-refractivity contribution in [2.24, 2.45) is 11.7 Å². The van der Waals surface area contributed by atoms with Crippen molar-refractivity contribution in [1.82, 2.24) is 0 Å². The molecular formula is C14H22ClNO2. The Kier molecular flexibility index (Phi) is 5.76. The van der Waals surface area contributed by atoms with Gasteiger partial charge in [0.15, 0.2) is 11.5 Å². The lowest BCUT2D eigenvalue weighted by Crippen LogP contribution is -2.23. The van der Waals surface area contributed by atoms with E-state index in [2.05, 4.69) is 0 Å². The van der Waals surface area contributed by atoms with Gasteiger partial charge in [-0.1, -0.05) is 31.4 Å². The average Bonchev–Trinajstić information content (AvgIpc) is 2.39. The molecule has 1 aliphatic rings. The van der Waals surface area contributed by atoms with Crippen molar-refractivity contribution in [3.8, 4) is 11.5 Å². The van der Waals surface area contributed by atoms with Crippen molar-refractivity contribution >= 4 is 12.4 Å². The molecule has 4 heteroatoms. The van der Waals surface area contributed by atoms with Gasteiger partial charge >= 0.3 is 0 Å². The summed E-state index contributed by atoms with van der Waals surface area (Å²) in [5.41, 5.74) is 7.09. The molecule has 1 saturated carbocycles. The lowest BCUT2D eigenvalue weighted by molar-refractivity contribution is 0.299. The summed E-state index contributed by atoms with van der Waals surface area (Å²) < 4.78 is 5.12. The van der Waals surface area contributed by atoms with Gasteiger partial charge in [0.1, 0.15) is 0 Å². The average molecular weight is 272 g/mol. The Labute approximate surface area is 115 Å². The summed E-state index contributed by atoms with van der Waals surface area (Å²) >= 11 is 0. The minimum absolute atomic E-state index is 0. The maximum absolute atomic E-state index is 10.1. The Morgan fingerprint density at radius 2 is 1.94 bits per heavy atom. The number of ether oxygens (including phenoxy) is 1. The molecule has 1 aromatic rings. The Balaban J connectivity index is 0.00000162. The predicted octanol–water partition coefficient (Wildman–Crippen LogP) is 3.40. The Morgan fingerprint density at radius 3 is 2.56 bits per heavy atom. The van der Waals surface area contributed by atoms with E-state index >= 15 is 0 Å².